The monoisotopic (exact) mass is 371 g/mol. The minimum Gasteiger partial charge on any atom is -0.493 e. The van der Waals surface area contributed by atoms with E-state index in [2.05, 4.69) is 20.8 Å². The number of ether oxygens (including phenoxy) is 2. The Hall–Kier alpha value is -2.76. The van der Waals surface area contributed by atoms with Gasteiger partial charge in [0.05, 0.1) is 19.4 Å². The molecule has 0 bridgehead atoms. The van der Waals surface area contributed by atoms with Crippen LogP contribution in [0.3, 0.4) is 0 Å². The number of hydrogen-bond donors (Lipinski definition) is 1. The van der Waals surface area contributed by atoms with Gasteiger partial charge in [-0.2, -0.15) is 0 Å². The standard InChI is InChI=1S/C21H25NO5/c1-5-14-6-13-7-20(27-11-12(2)3)19(26-4)8-15(13)17-9-18(23)16(21(24)25)10-22(14)17/h7-10,12,14H,5-6,11H2,1-4H3,(H,24,25)/t14-/m0/s1. The van der Waals surface area contributed by atoms with Crippen LogP contribution in [0, 0.1) is 5.92 Å². The summed E-state index contributed by atoms with van der Waals surface area (Å²) >= 11 is 0. The number of carboxylic acids is 1. The topological polar surface area (TPSA) is 77.8 Å². The summed E-state index contributed by atoms with van der Waals surface area (Å²) in [6.45, 7) is 6.81. The van der Waals surface area contributed by atoms with Gasteiger partial charge in [-0.15, -0.1) is 0 Å². The van der Waals surface area contributed by atoms with Gasteiger partial charge in [0.15, 0.2) is 16.9 Å². The van der Waals surface area contributed by atoms with Gasteiger partial charge >= 0.3 is 5.97 Å². The van der Waals surface area contributed by atoms with Crippen LogP contribution in [0.25, 0.3) is 11.3 Å². The Morgan fingerprint density at radius 1 is 1.30 bits per heavy atom. The maximum atomic E-state index is 12.3. The maximum Gasteiger partial charge on any atom is 0.341 e. The van der Waals surface area contributed by atoms with E-state index in [1.54, 1.807) is 7.11 Å². The average Bonchev–Trinajstić information content (AvgIpc) is 2.64. The molecule has 1 aliphatic rings. The molecule has 1 aliphatic heterocycles. The predicted molar refractivity (Wildman–Crippen MR) is 103 cm³/mol. The van der Waals surface area contributed by atoms with Crippen LogP contribution in [0.2, 0.25) is 0 Å². The Kier molecular flexibility index (Phi) is 5.26. The molecule has 2 heterocycles. The second-order valence-corrected chi connectivity index (χ2v) is 7.28. The first-order valence-corrected chi connectivity index (χ1v) is 9.19. The van der Waals surface area contributed by atoms with Crippen molar-refractivity contribution >= 4 is 5.97 Å². The van der Waals surface area contributed by atoms with Crippen molar-refractivity contribution in [2.75, 3.05) is 13.7 Å². The second kappa shape index (κ2) is 7.47. The smallest absolute Gasteiger partial charge is 0.341 e. The van der Waals surface area contributed by atoms with Crippen LogP contribution in [0.5, 0.6) is 11.5 Å². The Morgan fingerprint density at radius 2 is 2.04 bits per heavy atom. The number of pyridine rings is 1. The zero-order chi connectivity index (χ0) is 19.7. The molecule has 0 saturated heterocycles. The minimum absolute atomic E-state index is 0.0811. The zero-order valence-electron chi connectivity index (χ0n) is 16.1. The lowest BCUT2D eigenvalue weighted by Gasteiger charge is -2.31. The molecule has 0 fully saturated rings. The van der Waals surface area contributed by atoms with E-state index in [1.165, 1.54) is 12.3 Å². The van der Waals surface area contributed by atoms with E-state index in [0.29, 0.717) is 29.7 Å². The molecule has 1 N–H and O–H groups in total. The lowest BCUT2D eigenvalue weighted by atomic mass is 9.90. The summed E-state index contributed by atoms with van der Waals surface area (Å²) in [6.07, 6.45) is 3.03. The normalized spacial score (nSPS) is 15.2. The highest BCUT2D eigenvalue weighted by Crippen LogP contribution is 2.41. The summed E-state index contributed by atoms with van der Waals surface area (Å²) in [5, 5.41) is 9.29. The van der Waals surface area contributed by atoms with Crippen molar-refractivity contribution in [1.82, 2.24) is 4.57 Å². The van der Waals surface area contributed by atoms with Gasteiger partial charge in [-0.3, -0.25) is 4.79 Å². The summed E-state index contributed by atoms with van der Waals surface area (Å²) in [7, 11) is 1.59. The number of benzene rings is 1. The molecular formula is C21H25NO5. The van der Waals surface area contributed by atoms with Gasteiger partial charge in [-0.1, -0.05) is 20.8 Å². The molecule has 0 spiro atoms. The number of rotatable bonds is 6. The Labute approximate surface area is 158 Å². The molecule has 1 aromatic carbocycles. The van der Waals surface area contributed by atoms with Crippen molar-refractivity contribution in [3.63, 3.8) is 0 Å². The zero-order valence-corrected chi connectivity index (χ0v) is 16.1. The quantitative estimate of drug-likeness (QED) is 0.836. The number of hydrogen-bond acceptors (Lipinski definition) is 4. The van der Waals surface area contributed by atoms with E-state index in [4.69, 9.17) is 9.47 Å². The summed E-state index contributed by atoms with van der Waals surface area (Å²) in [4.78, 5) is 23.7. The van der Waals surface area contributed by atoms with E-state index in [0.717, 1.165) is 24.0 Å². The highest BCUT2D eigenvalue weighted by molar-refractivity contribution is 5.87. The molecule has 3 rings (SSSR count). The third-order valence-electron chi connectivity index (χ3n) is 4.87. The van der Waals surface area contributed by atoms with Crippen molar-refractivity contribution in [2.24, 2.45) is 5.92 Å². The summed E-state index contributed by atoms with van der Waals surface area (Å²) in [6, 6.07) is 5.36. The first-order valence-electron chi connectivity index (χ1n) is 9.19. The average molecular weight is 371 g/mol. The van der Waals surface area contributed by atoms with Crippen LogP contribution < -0.4 is 14.9 Å². The summed E-state index contributed by atoms with van der Waals surface area (Å²) in [5.74, 6) is 0.484. The van der Waals surface area contributed by atoms with Crippen molar-refractivity contribution < 1.29 is 19.4 Å². The van der Waals surface area contributed by atoms with Gasteiger partial charge in [0.25, 0.3) is 0 Å². The molecule has 0 amide bonds. The van der Waals surface area contributed by atoms with Crippen LogP contribution in [-0.4, -0.2) is 29.4 Å². The number of fused-ring (bicyclic) bond motifs is 3. The predicted octanol–water partition coefficient (Wildman–Crippen LogP) is 3.76. The third-order valence-corrected chi connectivity index (χ3v) is 4.87. The van der Waals surface area contributed by atoms with Crippen LogP contribution in [-0.2, 0) is 6.42 Å². The number of carbonyl (C=O) groups is 1. The largest absolute Gasteiger partial charge is 0.493 e. The number of methoxy groups -OCH3 is 1. The number of aromatic carboxylic acids is 1. The number of aromatic nitrogens is 1. The maximum absolute atomic E-state index is 12.3. The Balaban J connectivity index is 2.17. The SMILES string of the molecule is CC[C@H]1Cc2cc(OCC(C)C)c(OC)cc2-c2cc(=O)c(C(=O)O)cn21. The summed E-state index contributed by atoms with van der Waals surface area (Å²) in [5.41, 5.74) is 1.97. The van der Waals surface area contributed by atoms with Crippen molar-refractivity contribution in [3.8, 4) is 22.8 Å². The molecule has 0 aliphatic carbocycles. The van der Waals surface area contributed by atoms with Gasteiger partial charge in [0.1, 0.15) is 5.56 Å². The molecule has 0 unspecified atom stereocenters. The Morgan fingerprint density at radius 3 is 2.63 bits per heavy atom. The van der Waals surface area contributed by atoms with Crippen LogP contribution in [0.4, 0.5) is 0 Å². The molecule has 1 atom stereocenters. The van der Waals surface area contributed by atoms with Gasteiger partial charge < -0.3 is 19.1 Å². The van der Waals surface area contributed by atoms with Crippen LogP contribution >= 0.6 is 0 Å². The molecule has 0 radical (unpaired) electrons. The number of nitrogens with zero attached hydrogens (tertiary/aromatic N) is 1. The fourth-order valence-corrected chi connectivity index (χ4v) is 3.46. The highest BCUT2D eigenvalue weighted by atomic mass is 16.5. The van der Waals surface area contributed by atoms with E-state index >= 15 is 0 Å². The van der Waals surface area contributed by atoms with E-state index in [-0.39, 0.29) is 11.6 Å². The second-order valence-electron chi connectivity index (χ2n) is 7.28. The lowest BCUT2D eigenvalue weighted by molar-refractivity contribution is 0.0694. The molecule has 1 aromatic heterocycles. The molecule has 2 aromatic rings. The number of carboxylic acid groups (broad SMARTS) is 1. The molecule has 0 saturated carbocycles. The molecule has 6 nitrogen and oxygen atoms in total. The van der Waals surface area contributed by atoms with Gasteiger partial charge in [-0.25, -0.2) is 4.79 Å². The lowest BCUT2D eigenvalue weighted by Crippen LogP contribution is -2.25. The molecular weight excluding hydrogens is 346 g/mol. The van der Waals surface area contributed by atoms with Gasteiger partial charge in [-0.05, 0) is 36.5 Å². The fraction of sp³-hybridized carbons (Fsp3) is 0.429. The fourth-order valence-electron chi connectivity index (χ4n) is 3.46. The molecule has 144 valence electrons. The highest BCUT2D eigenvalue weighted by Gasteiger charge is 2.27. The Bertz CT molecular complexity index is 929. The van der Waals surface area contributed by atoms with Crippen molar-refractivity contribution in [2.45, 2.75) is 39.7 Å². The van der Waals surface area contributed by atoms with Gasteiger partial charge in [0, 0.05) is 23.9 Å². The van der Waals surface area contributed by atoms with Crippen LogP contribution in [0.1, 0.15) is 49.2 Å². The van der Waals surface area contributed by atoms with Gasteiger partial charge in [0.2, 0.25) is 0 Å². The van der Waals surface area contributed by atoms with E-state index in [1.807, 2.05) is 16.7 Å². The molecule has 27 heavy (non-hydrogen) atoms. The minimum atomic E-state index is -1.20. The third kappa shape index (κ3) is 3.56. The first kappa shape index (κ1) is 19.0. The summed E-state index contributed by atoms with van der Waals surface area (Å²) < 4.78 is 13.3. The van der Waals surface area contributed by atoms with E-state index in [9.17, 15) is 14.7 Å². The van der Waals surface area contributed by atoms with Crippen LogP contribution in [0.15, 0.2) is 29.2 Å². The van der Waals surface area contributed by atoms with Crippen molar-refractivity contribution in [1.29, 1.82) is 0 Å². The van der Waals surface area contributed by atoms with E-state index < -0.39 is 11.4 Å². The van der Waals surface area contributed by atoms with Crippen molar-refractivity contribution in [3.05, 3.63) is 45.7 Å². The first-order chi connectivity index (χ1) is 12.8. The molecule has 6 heteroatoms.